The van der Waals surface area contributed by atoms with Crippen molar-refractivity contribution in [2.75, 3.05) is 0 Å². The lowest BCUT2D eigenvalue weighted by atomic mass is 10.2. The number of hydrogen-bond donors (Lipinski definition) is 2. The molecule has 0 aliphatic heterocycles. The van der Waals surface area contributed by atoms with E-state index in [9.17, 15) is 19.5 Å². The maximum atomic E-state index is 12.5. The molecule has 23 heavy (non-hydrogen) atoms. The molecule has 3 rings (SSSR count). The quantitative estimate of drug-likeness (QED) is 0.870. The van der Waals surface area contributed by atoms with Gasteiger partial charge in [-0.25, -0.2) is 9.78 Å². The summed E-state index contributed by atoms with van der Waals surface area (Å²) >= 11 is 0. The number of carbonyl (C=O) groups excluding carboxylic acids is 1. The second-order valence-electron chi connectivity index (χ2n) is 5.75. The van der Waals surface area contributed by atoms with E-state index < -0.39 is 11.5 Å². The molecule has 8 nitrogen and oxygen atoms in total. The number of aryl methyl sites for hydroxylation is 1. The van der Waals surface area contributed by atoms with Gasteiger partial charge < -0.3 is 14.8 Å². The van der Waals surface area contributed by atoms with Crippen LogP contribution in [0.4, 0.5) is 0 Å². The number of aromatic carboxylic acids is 1. The Morgan fingerprint density at radius 1 is 1.43 bits per heavy atom. The molecule has 8 heteroatoms. The van der Waals surface area contributed by atoms with Crippen molar-refractivity contribution in [2.24, 2.45) is 0 Å². The number of carboxylic acid groups (broad SMARTS) is 1. The SMILES string of the molecule is Cc1oc2ncn(CC(=O)NC3CCCC3)c(=O)c2c1C(=O)O. The Kier molecular flexibility index (Phi) is 3.89. The summed E-state index contributed by atoms with van der Waals surface area (Å²) in [5.41, 5.74) is -0.828. The van der Waals surface area contributed by atoms with Crippen molar-refractivity contribution < 1.29 is 19.1 Å². The molecule has 1 fully saturated rings. The fraction of sp³-hybridized carbons (Fsp3) is 0.467. The Bertz CT molecular complexity index is 829. The van der Waals surface area contributed by atoms with Crippen LogP contribution in [0.1, 0.15) is 41.8 Å². The number of aromatic nitrogens is 2. The Hall–Kier alpha value is -2.64. The van der Waals surface area contributed by atoms with Crippen LogP contribution in [0.25, 0.3) is 11.1 Å². The van der Waals surface area contributed by atoms with Crippen molar-refractivity contribution in [2.45, 2.75) is 45.2 Å². The van der Waals surface area contributed by atoms with Crippen LogP contribution in [-0.4, -0.2) is 32.6 Å². The van der Waals surface area contributed by atoms with Gasteiger partial charge in [-0.15, -0.1) is 0 Å². The number of nitrogens with one attached hydrogen (secondary N) is 1. The van der Waals surface area contributed by atoms with Gasteiger partial charge >= 0.3 is 5.97 Å². The van der Waals surface area contributed by atoms with Gasteiger partial charge in [0.25, 0.3) is 5.56 Å². The Balaban J connectivity index is 1.91. The summed E-state index contributed by atoms with van der Waals surface area (Å²) in [7, 11) is 0. The zero-order valence-corrected chi connectivity index (χ0v) is 12.7. The molecule has 2 aromatic heterocycles. The molecule has 122 valence electrons. The lowest BCUT2D eigenvalue weighted by Crippen LogP contribution is -2.37. The lowest BCUT2D eigenvalue weighted by Gasteiger charge is -2.12. The standard InChI is InChI=1S/C15H17N3O5/c1-8-11(15(21)22)12-13(23-8)16-7-18(14(12)20)6-10(19)17-9-4-2-3-5-9/h7,9H,2-6H2,1H3,(H,17,19)(H,21,22). The van der Waals surface area contributed by atoms with Crippen LogP contribution in [0.3, 0.4) is 0 Å². The Morgan fingerprint density at radius 3 is 2.78 bits per heavy atom. The molecular formula is C15H17N3O5. The second kappa shape index (κ2) is 5.86. The third kappa shape index (κ3) is 2.84. The van der Waals surface area contributed by atoms with Gasteiger partial charge in [0.05, 0.1) is 0 Å². The molecule has 0 unspecified atom stereocenters. The molecule has 2 heterocycles. The van der Waals surface area contributed by atoms with Crippen molar-refractivity contribution in [3.8, 4) is 0 Å². The minimum absolute atomic E-state index is 0.0302. The summed E-state index contributed by atoms with van der Waals surface area (Å²) in [5.74, 6) is -1.42. The van der Waals surface area contributed by atoms with Gasteiger partial charge in [-0.2, -0.15) is 0 Å². The highest BCUT2D eigenvalue weighted by Crippen LogP contribution is 2.20. The van der Waals surface area contributed by atoms with E-state index in [1.165, 1.54) is 13.3 Å². The molecule has 1 amide bonds. The van der Waals surface area contributed by atoms with Crippen LogP contribution in [0.5, 0.6) is 0 Å². The molecule has 0 aromatic carbocycles. The summed E-state index contributed by atoms with van der Waals surface area (Å²) in [6.45, 7) is 1.27. The molecule has 0 bridgehead atoms. The van der Waals surface area contributed by atoms with Crippen LogP contribution in [0.2, 0.25) is 0 Å². The van der Waals surface area contributed by atoms with Crippen molar-refractivity contribution in [3.05, 3.63) is 28.0 Å². The molecule has 0 spiro atoms. The predicted molar refractivity (Wildman–Crippen MR) is 80.4 cm³/mol. The van der Waals surface area contributed by atoms with Gasteiger partial charge in [0, 0.05) is 6.04 Å². The van der Waals surface area contributed by atoms with Crippen LogP contribution < -0.4 is 10.9 Å². The molecule has 2 N–H and O–H groups in total. The van der Waals surface area contributed by atoms with Gasteiger partial charge in [0.15, 0.2) is 0 Å². The predicted octanol–water partition coefficient (Wildman–Crippen LogP) is 1.05. The first kappa shape index (κ1) is 15.3. The van der Waals surface area contributed by atoms with E-state index in [1.54, 1.807) is 0 Å². The minimum atomic E-state index is -1.26. The number of hydrogen-bond acceptors (Lipinski definition) is 5. The van der Waals surface area contributed by atoms with E-state index in [-0.39, 0.29) is 40.9 Å². The third-order valence-corrected chi connectivity index (χ3v) is 4.10. The molecule has 0 saturated heterocycles. The minimum Gasteiger partial charge on any atom is -0.478 e. The monoisotopic (exact) mass is 319 g/mol. The molecule has 1 aliphatic rings. The second-order valence-corrected chi connectivity index (χ2v) is 5.75. The number of furan rings is 1. The maximum absolute atomic E-state index is 12.5. The van der Waals surface area contributed by atoms with Crippen molar-refractivity contribution >= 4 is 23.0 Å². The summed E-state index contributed by atoms with van der Waals surface area (Å²) in [6, 6.07) is 0.153. The van der Waals surface area contributed by atoms with Gasteiger partial charge in [0.2, 0.25) is 11.6 Å². The fourth-order valence-corrected chi connectivity index (χ4v) is 3.01. The van der Waals surface area contributed by atoms with E-state index in [1.807, 2.05) is 0 Å². The van der Waals surface area contributed by atoms with Gasteiger partial charge in [-0.3, -0.25) is 14.2 Å². The zero-order valence-electron chi connectivity index (χ0n) is 12.7. The lowest BCUT2D eigenvalue weighted by molar-refractivity contribution is -0.122. The van der Waals surface area contributed by atoms with Crippen molar-refractivity contribution in [1.29, 1.82) is 0 Å². The van der Waals surface area contributed by atoms with E-state index in [0.717, 1.165) is 30.3 Å². The molecule has 2 aromatic rings. The highest BCUT2D eigenvalue weighted by Gasteiger charge is 2.23. The number of rotatable bonds is 4. The van der Waals surface area contributed by atoms with Crippen molar-refractivity contribution in [1.82, 2.24) is 14.9 Å². The number of fused-ring (bicyclic) bond motifs is 1. The number of carbonyl (C=O) groups is 2. The van der Waals surface area contributed by atoms with Gasteiger partial charge in [0.1, 0.15) is 29.6 Å². The largest absolute Gasteiger partial charge is 0.478 e. The number of nitrogens with zero attached hydrogens (tertiary/aromatic N) is 2. The van der Waals surface area contributed by atoms with E-state index in [0.29, 0.717) is 0 Å². The number of carboxylic acids is 1. The summed E-state index contributed by atoms with van der Waals surface area (Å²) < 4.78 is 6.31. The Labute approximate surface area is 131 Å². The normalized spacial score (nSPS) is 15.2. The average Bonchev–Trinajstić information content (AvgIpc) is 3.09. The summed E-state index contributed by atoms with van der Waals surface area (Å²) in [6.07, 6.45) is 5.28. The van der Waals surface area contributed by atoms with Gasteiger partial charge in [-0.05, 0) is 19.8 Å². The average molecular weight is 319 g/mol. The van der Waals surface area contributed by atoms with E-state index >= 15 is 0 Å². The van der Waals surface area contributed by atoms with Crippen LogP contribution in [0, 0.1) is 6.92 Å². The van der Waals surface area contributed by atoms with Gasteiger partial charge in [-0.1, -0.05) is 12.8 Å². The third-order valence-electron chi connectivity index (χ3n) is 4.10. The van der Waals surface area contributed by atoms with Crippen LogP contribution in [-0.2, 0) is 11.3 Å². The molecule has 1 aliphatic carbocycles. The highest BCUT2D eigenvalue weighted by molar-refractivity contribution is 6.02. The summed E-state index contributed by atoms with van der Waals surface area (Å²) in [5, 5.41) is 12.0. The van der Waals surface area contributed by atoms with Crippen molar-refractivity contribution in [3.63, 3.8) is 0 Å². The first-order valence-corrected chi connectivity index (χ1v) is 7.48. The smallest absolute Gasteiger partial charge is 0.340 e. The van der Waals surface area contributed by atoms with Crippen LogP contribution in [0.15, 0.2) is 15.5 Å². The molecular weight excluding hydrogens is 302 g/mol. The first-order valence-electron chi connectivity index (χ1n) is 7.48. The number of amides is 1. The summed E-state index contributed by atoms with van der Waals surface area (Å²) in [4.78, 5) is 39.7. The van der Waals surface area contributed by atoms with Crippen LogP contribution >= 0.6 is 0 Å². The van der Waals surface area contributed by atoms with E-state index in [2.05, 4.69) is 10.3 Å². The maximum Gasteiger partial charge on any atom is 0.340 e. The molecule has 0 atom stereocenters. The first-order chi connectivity index (χ1) is 11.0. The van der Waals surface area contributed by atoms with E-state index in [4.69, 9.17) is 4.42 Å². The highest BCUT2D eigenvalue weighted by atomic mass is 16.4. The zero-order chi connectivity index (χ0) is 16.6. The Morgan fingerprint density at radius 2 is 2.13 bits per heavy atom. The topological polar surface area (TPSA) is 114 Å². The molecule has 1 saturated carbocycles. The fourth-order valence-electron chi connectivity index (χ4n) is 3.01. The molecule has 0 radical (unpaired) electrons.